The molecule has 2 aliphatic rings. The zero-order chi connectivity index (χ0) is 13.4. The van der Waals surface area contributed by atoms with Crippen LogP contribution in [0.25, 0.3) is 0 Å². The maximum absolute atomic E-state index is 9.53. The molecule has 4 nitrogen and oxygen atoms in total. The van der Waals surface area contributed by atoms with Crippen LogP contribution in [0.15, 0.2) is 18.2 Å². The Bertz CT molecular complexity index is 439. The van der Waals surface area contributed by atoms with Gasteiger partial charge in [0.05, 0.1) is 0 Å². The number of benzene rings is 1. The Morgan fingerprint density at radius 3 is 2.47 bits per heavy atom. The van der Waals surface area contributed by atoms with Crippen molar-refractivity contribution in [2.45, 2.75) is 44.3 Å². The number of phenols is 2. The van der Waals surface area contributed by atoms with Crippen LogP contribution in [0.4, 0.5) is 0 Å². The molecule has 1 aromatic rings. The molecule has 2 atom stereocenters. The number of aromatic hydroxyl groups is 2. The van der Waals surface area contributed by atoms with Crippen molar-refractivity contribution in [3.63, 3.8) is 0 Å². The Morgan fingerprint density at radius 2 is 1.84 bits per heavy atom. The lowest BCUT2D eigenvalue weighted by atomic mass is 10.1. The van der Waals surface area contributed by atoms with Crippen LogP contribution >= 0.6 is 0 Å². The Balaban J connectivity index is 1.59. The summed E-state index contributed by atoms with van der Waals surface area (Å²) in [5.74, 6) is 0.240. The lowest BCUT2D eigenvalue weighted by Gasteiger charge is -2.21. The van der Waals surface area contributed by atoms with E-state index in [0.29, 0.717) is 6.04 Å². The van der Waals surface area contributed by atoms with Crippen LogP contribution in [0, 0.1) is 0 Å². The third kappa shape index (κ3) is 3.01. The van der Waals surface area contributed by atoms with Gasteiger partial charge in [-0.1, -0.05) is 0 Å². The Kier molecular flexibility index (Phi) is 3.37. The molecule has 3 N–H and O–H groups in total. The highest BCUT2D eigenvalue weighted by molar-refractivity contribution is 5.38. The summed E-state index contributed by atoms with van der Waals surface area (Å²) in [7, 11) is 0. The molecule has 1 heterocycles. The standard InChI is InChI=1S/C15H22N2O2/c1-10(11-6-14(18)8-15(19)7-11)16-12-4-5-17(9-12)13-2-3-13/h6-8,10,12-13,16,18-19H,2-5,9H2,1H3. The molecule has 0 aromatic heterocycles. The van der Waals surface area contributed by atoms with Gasteiger partial charge in [-0.15, -0.1) is 0 Å². The van der Waals surface area contributed by atoms with Gasteiger partial charge < -0.3 is 15.5 Å². The predicted molar refractivity (Wildman–Crippen MR) is 74.3 cm³/mol. The first-order chi connectivity index (χ1) is 9.11. The molecule has 104 valence electrons. The van der Waals surface area contributed by atoms with E-state index in [2.05, 4.69) is 17.1 Å². The van der Waals surface area contributed by atoms with Crippen LogP contribution in [-0.2, 0) is 0 Å². The summed E-state index contributed by atoms with van der Waals surface area (Å²) in [6.45, 7) is 4.40. The van der Waals surface area contributed by atoms with Crippen molar-refractivity contribution in [2.75, 3.05) is 13.1 Å². The van der Waals surface area contributed by atoms with Crippen LogP contribution in [-0.4, -0.2) is 40.3 Å². The van der Waals surface area contributed by atoms with E-state index in [0.717, 1.165) is 18.2 Å². The number of phenolic OH excluding ortho intramolecular Hbond substituents is 2. The first kappa shape index (κ1) is 12.8. The summed E-state index contributed by atoms with van der Waals surface area (Å²) in [6.07, 6.45) is 3.91. The molecule has 0 spiro atoms. The van der Waals surface area contributed by atoms with Crippen molar-refractivity contribution in [1.82, 2.24) is 10.2 Å². The molecule has 0 amide bonds. The molecule has 1 saturated heterocycles. The normalized spacial score (nSPS) is 25.6. The molecule has 1 saturated carbocycles. The monoisotopic (exact) mass is 262 g/mol. The maximum Gasteiger partial charge on any atom is 0.119 e. The largest absolute Gasteiger partial charge is 0.508 e. The average molecular weight is 262 g/mol. The van der Waals surface area contributed by atoms with E-state index in [-0.39, 0.29) is 17.5 Å². The van der Waals surface area contributed by atoms with Crippen molar-refractivity contribution in [3.05, 3.63) is 23.8 Å². The lowest BCUT2D eigenvalue weighted by Crippen LogP contribution is -2.34. The van der Waals surface area contributed by atoms with Crippen molar-refractivity contribution in [1.29, 1.82) is 0 Å². The van der Waals surface area contributed by atoms with E-state index in [1.54, 1.807) is 12.1 Å². The smallest absolute Gasteiger partial charge is 0.119 e. The van der Waals surface area contributed by atoms with Crippen LogP contribution in [0.2, 0.25) is 0 Å². The van der Waals surface area contributed by atoms with Crippen LogP contribution in [0.3, 0.4) is 0 Å². The molecular weight excluding hydrogens is 240 g/mol. The molecule has 0 radical (unpaired) electrons. The molecule has 0 bridgehead atoms. The minimum Gasteiger partial charge on any atom is -0.508 e. The minimum absolute atomic E-state index is 0.120. The van der Waals surface area contributed by atoms with Crippen LogP contribution < -0.4 is 5.32 Å². The molecule has 3 rings (SSSR count). The second kappa shape index (κ2) is 5.02. The molecule has 19 heavy (non-hydrogen) atoms. The summed E-state index contributed by atoms with van der Waals surface area (Å²) in [4.78, 5) is 2.57. The highest BCUT2D eigenvalue weighted by atomic mass is 16.3. The fourth-order valence-electron chi connectivity index (χ4n) is 3.01. The van der Waals surface area contributed by atoms with Crippen molar-refractivity contribution < 1.29 is 10.2 Å². The van der Waals surface area contributed by atoms with E-state index in [9.17, 15) is 10.2 Å². The van der Waals surface area contributed by atoms with Crippen molar-refractivity contribution >= 4 is 0 Å². The van der Waals surface area contributed by atoms with Gasteiger partial charge in [0.2, 0.25) is 0 Å². The molecular formula is C15H22N2O2. The second-order valence-corrected chi connectivity index (χ2v) is 5.88. The Labute approximate surface area is 114 Å². The molecule has 4 heteroatoms. The summed E-state index contributed by atoms with van der Waals surface area (Å²) < 4.78 is 0. The van der Waals surface area contributed by atoms with Crippen LogP contribution in [0.5, 0.6) is 11.5 Å². The Hall–Kier alpha value is -1.26. The number of rotatable bonds is 4. The average Bonchev–Trinajstić information content (AvgIpc) is 3.09. The molecule has 2 fully saturated rings. The van der Waals surface area contributed by atoms with Gasteiger partial charge in [-0.25, -0.2) is 0 Å². The fourth-order valence-corrected chi connectivity index (χ4v) is 3.01. The third-order valence-corrected chi connectivity index (χ3v) is 4.19. The summed E-state index contributed by atoms with van der Waals surface area (Å²) in [5, 5.41) is 22.7. The van der Waals surface area contributed by atoms with Gasteiger partial charge in [0.25, 0.3) is 0 Å². The predicted octanol–water partition coefficient (Wildman–Crippen LogP) is 1.99. The topological polar surface area (TPSA) is 55.7 Å². The fraction of sp³-hybridized carbons (Fsp3) is 0.600. The van der Waals surface area contributed by atoms with E-state index in [1.807, 2.05) is 0 Å². The SMILES string of the molecule is CC(NC1CCN(C2CC2)C1)c1cc(O)cc(O)c1. The molecule has 1 aliphatic carbocycles. The van der Waals surface area contributed by atoms with Gasteiger partial charge in [-0.05, 0) is 43.9 Å². The van der Waals surface area contributed by atoms with Gasteiger partial charge >= 0.3 is 0 Å². The maximum atomic E-state index is 9.53. The lowest BCUT2D eigenvalue weighted by molar-refractivity contribution is 0.313. The highest BCUT2D eigenvalue weighted by Gasteiger charge is 2.34. The number of hydrogen-bond acceptors (Lipinski definition) is 4. The third-order valence-electron chi connectivity index (χ3n) is 4.19. The van der Waals surface area contributed by atoms with Gasteiger partial charge in [0.1, 0.15) is 11.5 Å². The number of hydrogen-bond donors (Lipinski definition) is 3. The zero-order valence-electron chi connectivity index (χ0n) is 11.3. The minimum atomic E-state index is 0.120. The molecule has 1 aromatic carbocycles. The van der Waals surface area contributed by atoms with Crippen molar-refractivity contribution in [3.8, 4) is 11.5 Å². The van der Waals surface area contributed by atoms with E-state index in [1.165, 1.54) is 31.9 Å². The molecule has 2 unspecified atom stereocenters. The van der Waals surface area contributed by atoms with Gasteiger partial charge in [-0.3, -0.25) is 4.90 Å². The van der Waals surface area contributed by atoms with E-state index < -0.39 is 0 Å². The van der Waals surface area contributed by atoms with Gasteiger partial charge in [-0.2, -0.15) is 0 Å². The zero-order valence-corrected chi connectivity index (χ0v) is 11.3. The number of nitrogens with one attached hydrogen (secondary N) is 1. The number of likely N-dealkylation sites (tertiary alicyclic amines) is 1. The Morgan fingerprint density at radius 1 is 1.16 bits per heavy atom. The number of nitrogens with zero attached hydrogens (tertiary/aromatic N) is 1. The van der Waals surface area contributed by atoms with Gasteiger partial charge in [0, 0.05) is 37.3 Å². The van der Waals surface area contributed by atoms with Gasteiger partial charge in [0.15, 0.2) is 0 Å². The van der Waals surface area contributed by atoms with Crippen molar-refractivity contribution in [2.24, 2.45) is 0 Å². The first-order valence-electron chi connectivity index (χ1n) is 7.15. The summed E-state index contributed by atoms with van der Waals surface area (Å²) >= 11 is 0. The van der Waals surface area contributed by atoms with Crippen LogP contribution in [0.1, 0.15) is 37.8 Å². The quantitative estimate of drug-likeness (QED) is 0.776. The molecule has 1 aliphatic heterocycles. The van der Waals surface area contributed by atoms with E-state index in [4.69, 9.17) is 0 Å². The first-order valence-corrected chi connectivity index (χ1v) is 7.15. The second-order valence-electron chi connectivity index (χ2n) is 5.88. The van der Waals surface area contributed by atoms with E-state index >= 15 is 0 Å². The highest BCUT2D eigenvalue weighted by Crippen LogP contribution is 2.31. The summed E-state index contributed by atoms with van der Waals surface area (Å²) in [6, 6.07) is 6.28. The summed E-state index contributed by atoms with van der Waals surface area (Å²) in [5.41, 5.74) is 0.933.